The van der Waals surface area contributed by atoms with Gasteiger partial charge in [-0.25, -0.2) is 4.39 Å². The van der Waals surface area contributed by atoms with Crippen molar-refractivity contribution in [2.45, 2.75) is 6.42 Å². The number of carbonyl (C=O) groups is 1. The zero-order valence-electron chi connectivity index (χ0n) is 16.2. The standard InChI is InChI=1S/C22H22FN3O3/c1-28-20-7-6-15(10-21(20)29-2)8-9-25-22(27)16-11-19(14-24-13-16)26-18-5-3-4-17(23)12-18/h3-7,10-14,26H,8-9H2,1-2H3,(H,25,27). The minimum atomic E-state index is -0.341. The molecule has 0 saturated heterocycles. The van der Waals surface area contributed by atoms with Crippen LogP contribution in [0.2, 0.25) is 0 Å². The Balaban J connectivity index is 1.58. The van der Waals surface area contributed by atoms with Crippen molar-refractivity contribution in [1.82, 2.24) is 10.3 Å². The van der Waals surface area contributed by atoms with E-state index in [2.05, 4.69) is 15.6 Å². The number of halogens is 1. The second-order valence-electron chi connectivity index (χ2n) is 6.29. The van der Waals surface area contributed by atoms with Gasteiger partial charge in [-0.15, -0.1) is 0 Å². The number of nitrogens with one attached hydrogen (secondary N) is 2. The van der Waals surface area contributed by atoms with Crippen LogP contribution >= 0.6 is 0 Å². The Labute approximate surface area is 168 Å². The molecule has 0 aliphatic carbocycles. The number of nitrogens with zero attached hydrogens (tertiary/aromatic N) is 1. The summed E-state index contributed by atoms with van der Waals surface area (Å²) in [4.78, 5) is 16.5. The first-order valence-electron chi connectivity index (χ1n) is 9.06. The predicted molar refractivity (Wildman–Crippen MR) is 110 cm³/mol. The average Bonchev–Trinajstić information content (AvgIpc) is 2.73. The van der Waals surface area contributed by atoms with Crippen molar-refractivity contribution < 1.29 is 18.7 Å². The van der Waals surface area contributed by atoms with E-state index < -0.39 is 0 Å². The number of carbonyl (C=O) groups excluding carboxylic acids is 1. The smallest absolute Gasteiger partial charge is 0.252 e. The quantitative estimate of drug-likeness (QED) is 0.604. The van der Waals surface area contributed by atoms with Crippen molar-refractivity contribution in [1.29, 1.82) is 0 Å². The second kappa shape index (κ2) is 9.54. The maximum absolute atomic E-state index is 13.3. The minimum absolute atomic E-state index is 0.235. The van der Waals surface area contributed by atoms with E-state index in [1.165, 1.54) is 18.3 Å². The molecular formula is C22H22FN3O3. The summed E-state index contributed by atoms with van der Waals surface area (Å²) in [5, 5.41) is 5.91. The monoisotopic (exact) mass is 395 g/mol. The Bertz CT molecular complexity index is 995. The first kappa shape index (κ1) is 20.1. The van der Waals surface area contributed by atoms with Crippen molar-refractivity contribution in [3.05, 3.63) is 77.9 Å². The lowest BCUT2D eigenvalue weighted by Crippen LogP contribution is -2.25. The van der Waals surface area contributed by atoms with E-state index in [0.29, 0.717) is 41.4 Å². The Morgan fingerprint density at radius 1 is 1.00 bits per heavy atom. The summed E-state index contributed by atoms with van der Waals surface area (Å²) in [6.07, 6.45) is 3.70. The normalized spacial score (nSPS) is 10.3. The lowest BCUT2D eigenvalue weighted by molar-refractivity contribution is 0.0954. The highest BCUT2D eigenvalue weighted by Crippen LogP contribution is 2.27. The van der Waals surface area contributed by atoms with Crippen LogP contribution in [0.25, 0.3) is 0 Å². The van der Waals surface area contributed by atoms with Gasteiger partial charge in [-0.3, -0.25) is 9.78 Å². The number of amides is 1. The van der Waals surface area contributed by atoms with Crippen LogP contribution in [0.3, 0.4) is 0 Å². The number of rotatable bonds is 8. The molecule has 0 atom stereocenters. The summed E-state index contributed by atoms with van der Waals surface area (Å²) < 4.78 is 23.8. The Kier molecular flexibility index (Phi) is 6.63. The summed E-state index contributed by atoms with van der Waals surface area (Å²) in [6.45, 7) is 0.454. The molecule has 0 aliphatic rings. The van der Waals surface area contributed by atoms with Gasteiger partial charge in [0.25, 0.3) is 5.91 Å². The van der Waals surface area contributed by atoms with Gasteiger partial charge in [0.1, 0.15) is 5.82 Å². The fourth-order valence-electron chi connectivity index (χ4n) is 2.82. The highest BCUT2D eigenvalue weighted by Gasteiger charge is 2.09. The van der Waals surface area contributed by atoms with Gasteiger partial charge >= 0.3 is 0 Å². The third-order valence-corrected chi connectivity index (χ3v) is 4.26. The molecule has 0 unspecified atom stereocenters. The van der Waals surface area contributed by atoms with Crippen LogP contribution in [0, 0.1) is 5.82 Å². The predicted octanol–water partition coefficient (Wildman–Crippen LogP) is 3.95. The number of anilines is 2. The van der Waals surface area contributed by atoms with Crippen molar-refractivity contribution in [2.75, 3.05) is 26.1 Å². The van der Waals surface area contributed by atoms with Gasteiger partial charge in [0.05, 0.1) is 31.7 Å². The Hall–Kier alpha value is -3.61. The van der Waals surface area contributed by atoms with Gasteiger partial charge in [-0.1, -0.05) is 12.1 Å². The molecule has 1 amide bonds. The van der Waals surface area contributed by atoms with E-state index in [9.17, 15) is 9.18 Å². The maximum atomic E-state index is 13.3. The van der Waals surface area contributed by atoms with Crippen LogP contribution in [0.15, 0.2) is 60.9 Å². The lowest BCUT2D eigenvalue weighted by atomic mass is 10.1. The number of benzene rings is 2. The molecule has 3 rings (SSSR count). The molecule has 2 N–H and O–H groups in total. The first-order chi connectivity index (χ1) is 14.1. The largest absolute Gasteiger partial charge is 0.493 e. The third-order valence-electron chi connectivity index (χ3n) is 4.26. The van der Waals surface area contributed by atoms with Gasteiger partial charge in [-0.05, 0) is 48.4 Å². The van der Waals surface area contributed by atoms with E-state index in [4.69, 9.17) is 9.47 Å². The summed E-state index contributed by atoms with van der Waals surface area (Å²) in [5.74, 6) is 0.735. The number of pyridine rings is 1. The highest BCUT2D eigenvalue weighted by molar-refractivity contribution is 5.94. The molecule has 6 nitrogen and oxygen atoms in total. The number of hydrogen-bond acceptors (Lipinski definition) is 5. The maximum Gasteiger partial charge on any atom is 0.252 e. The van der Waals surface area contributed by atoms with E-state index in [0.717, 1.165) is 5.56 Å². The molecule has 0 radical (unpaired) electrons. The summed E-state index contributed by atoms with van der Waals surface area (Å²) in [7, 11) is 3.17. The van der Waals surface area contributed by atoms with Crippen molar-refractivity contribution >= 4 is 17.3 Å². The van der Waals surface area contributed by atoms with Crippen LogP contribution < -0.4 is 20.1 Å². The molecule has 2 aromatic carbocycles. The lowest BCUT2D eigenvalue weighted by Gasteiger charge is -2.11. The highest BCUT2D eigenvalue weighted by atomic mass is 19.1. The van der Waals surface area contributed by atoms with Gasteiger partial charge in [0.2, 0.25) is 0 Å². The van der Waals surface area contributed by atoms with Crippen LogP contribution in [-0.4, -0.2) is 31.7 Å². The first-order valence-corrected chi connectivity index (χ1v) is 9.06. The van der Waals surface area contributed by atoms with Gasteiger partial charge in [-0.2, -0.15) is 0 Å². The van der Waals surface area contributed by atoms with Gasteiger partial charge in [0, 0.05) is 18.4 Å². The molecule has 0 saturated carbocycles. The summed E-state index contributed by atoms with van der Waals surface area (Å²) in [5.41, 5.74) is 2.61. The SMILES string of the molecule is COc1ccc(CCNC(=O)c2cncc(Nc3cccc(F)c3)c2)cc1OC. The molecule has 29 heavy (non-hydrogen) atoms. The number of ether oxygens (including phenoxy) is 2. The number of methoxy groups -OCH3 is 2. The van der Waals surface area contributed by atoms with Crippen LogP contribution in [0.4, 0.5) is 15.8 Å². The number of hydrogen-bond donors (Lipinski definition) is 2. The Morgan fingerprint density at radius 2 is 1.83 bits per heavy atom. The topological polar surface area (TPSA) is 72.5 Å². The molecule has 7 heteroatoms. The second-order valence-corrected chi connectivity index (χ2v) is 6.29. The fraction of sp³-hybridized carbons (Fsp3) is 0.182. The van der Waals surface area contributed by atoms with E-state index in [1.54, 1.807) is 38.6 Å². The number of aromatic nitrogens is 1. The van der Waals surface area contributed by atoms with Crippen molar-refractivity contribution in [3.8, 4) is 11.5 Å². The molecule has 3 aromatic rings. The van der Waals surface area contributed by atoms with E-state index in [1.807, 2.05) is 18.2 Å². The molecule has 150 valence electrons. The molecule has 0 aliphatic heterocycles. The van der Waals surface area contributed by atoms with Crippen molar-refractivity contribution in [2.24, 2.45) is 0 Å². The molecular weight excluding hydrogens is 373 g/mol. The van der Waals surface area contributed by atoms with E-state index in [-0.39, 0.29) is 11.7 Å². The molecule has 0 spiro atoms. The zero-order valence-corrected chi connectivity index (χ0v) is 16.2. The van der Waals surface area contributed by atoms with Gasteiger partial charge in [0.15, 0.2) is 11.5 Å². The summed E-state index contributed by atoms with van der Waals surface area (Å²) in [6, 6.07) is 13.4. The molecule has 0 fully saturated rings. The van der Waals surface area contributed by atoms with Gasteiger partial charge < -0.3 is 20.1 Å². The van der Waals surface area contributed by atoms with Crippen LogP contribution in [0.5, 0.6) is 11.5 Å². The molecule has 1 aromatic heterocycles. The molecule has 1 heterocycles. The minimum Gasteiger partial charge on any atom is -0.493 e. The average molecular weight is 395 g/mol. The van der Waals surface area contributed by atoms with Crippen molar-refractivity contribution in [3.63, 3.8) is 0 Å². The third kappa shape index (κ3) is 5.44. The molecule has 0 bridgehead atoms. The van der Waals surface area contributed by atoms with Crippen LogP contribution in [0.1, 0.15) is 15.9 Å². The summed E-state index contributed by atoms with van der Waals surface area (Å²) >= 11 is 0. The Morgan fingerprint density at radius 3 is 2.59 bits per heavy atom. The zero-order chi connectivity index (χ0) is 20.6. The van der Waals surface area contributed by atoms with Crippen LogP contribution in [-0.2, 0) is 6.42 Å². The fourth-order valence-corrected chi connectivity index (χ4v) is 2.82. The van der Waals surface area contributed by atoms with E-state index >= 15 is 0 Å².